The molecule has 4 atom stereocenters. The molecule has 33 heavy (non-hydrogen) atoms. The minimum Gasteiger partial charge on any atom is -0.379 e. The number of likely N-dealkylation sites (tertiary alicyclic amines) is 1. The number of ether oxygens (including phenoxy) is 1. The van der Waals surface area contributed by atoms with Gasteiger partial charge in [0, 0.05) is 45.2 Å². The number of rotatable bonds is 7. The molecule has 1 N–H and O–H groups in total. The van der Waals surface area contributed by atoms with Crippen molar-refractivity contribution in [3.63, 3.8) is 0 Å². The summed E-state index contributed by atoms with van der Waals surface area (Å²) in [5, 5.41) is 0. The molecule has 1 aromatic rings. The van der Waals surface area contributed by atoms with Crippen LogP contribution in [0.4, 0.5) is 13.2 Å². The Morgan fingerprint density at radius 2 is 1.91 bits per heavy atom. The van der Waals surface area contributed by atoms with Crippen molar-refractivity contribution in [2.75, 3.05) is 45.9 Å². The van der Waals surface area contributed by atoms with Gasteiger partial charge >= 0.3 is 6.18 Å². The Morgan fingerprint density at radius 1 is 1.18 bits per heavy atom. The maximum absolute atomic E-state index is 13.0. The zero-order chi connectivity index (χ0) is 23.8. The number of hydrogen-bond acceptors (Lipinski definition) is 5. The molecule has 2 heterocycles. The third-order valence-corrected chi connectivity index (χ3v) is 8.68. The highest BCUT2D eigenvalue weighted by Crippen LogP contribution is 2.45. The zero-order valence-electron chi connectivity index (χ0n) is 18.6. The number of benzene rings is 1. The van der Waals surface area contributed by atoms with Gasteiger partial charge in [-0.3, -0.25) is 9.69 Å². The van der Waals surface area contributed by atoms with Crippen LogP contribution in [0.3, 0.4) is 0 Å². The van der Waals surface area contributed by atoms with Crippen LogP contribution in [0.15, 0.2) is 29.2 Å². The molecule has 4 rings (SSSR count). The van der Waals surface area contributed by atoms with Gasteiger partial charge in [-0.2, -0.15) is 13.2 Å². The second-order valence-electron chi connectivity index (χ2n) is 9.23. The Hall–Kier alpha value is -1.69. The van der Waals surface area contributed by atoms with Crippen LogP contribution in [0.1, 0.15) is 25.3 Å². The average molecular weight is 490 g/mol. The fraction of sp³-hybridized carbons (Fsp3) is 0.682. The molecule has 2 saturated heterocycles. The predicted molar refractivity (Wildman–Crippen MR) is 115 cm³/mol. The van der Waals surface area contributed by atoms with Crippen LogP contribution in [-0.2, 0) is 25.7 Å². The fourth-order valence-corrected chi connectivity index (χ4v) is 6.55. The van der Waals surface area contributed by atoms with E-state index in [1.807, 2.05) is 11.8 Å². The summed E-state index contributed by atoms with van der Waals surface area (Å²) in [6.45, 7) is 6.70. The minimum atomic E-state index is -4.62. The SMILES string of the molecule is C[C@H]1C[C@@H]2[C@@H](CC(=O)N2CCN2CCOCC2)[C@@H]1CNS(=O)(=O)c1cccc(C(F)(F)F)c1. The van der Waals surface area contributed by atoms with Gasteiger partial charge in [-0.05, 0) is 42.4 Å². The molecule has 1 amide bonds. The molecule has 1 saturated carbocycles. The molecule has 3 aliphatic rings. The maximum atomic E-state index is 13.0. The second kappa shape index (κ2) is 9.52. The van der Waals surface area contributed by atoms with E-state index in [0.29, 0.717) is 32.2 Å². The molecule has 0 unspecified atom stereocenters. The van der Waals surface area contributed by atoms with Crippen molar-refractivity contribution in [3.05, 3.63) is 29.8 Å². The summed E-state index contributed by atoms with van der Waals surface area (Å²) in [6, 6.07) is 3.82. The third-order valence-electron chi connectivity index (χ3n) is 7.26. The quantitative estimate of drug-likeness (QED) is 0.635. The highest BCUT2D eigenvalue weighted by atomic mass is 32.2. The Bertz CT molecular complexity index is 966. The predicted octanol–water partition coefficient (Wildman–Crippen LogP) is 2.19. The first kappa shape index (κ1) is 24.4. The van der Waals surface area contributed by atoms with E-state index in [0.717, 1.165) is 44.3 Å². The smallest absolute Gasteiger partial charge is 0.379 e. The number of fused-ring (bicyclic) bond motifs is 1. The average Bonchev–Trinajstić information content (AvgIpc) is 3.23. The van der Waals surface area contributed by atoms with Crippen molar-refractivity contribution in [2.45, 2.75) is 36.9 Å². The van der Waals surface area contributed by atoms with Gasteiger partial charge in [0.05, 0.1) is 23.7 Å². The van der Waals surface area contributed by atoms with E-state index in [9.17, 15) is 26.4 Å². The molecule has 0 spiro atoms. The van der Waals surface area contributed by atoms with E-state index < -0.39 is 26.7 Å². The number of halogens is 3. The van der Waals surface area contributed by atoms with Crippen molar-refractivity contribution < 1.29 is 31.1 Å². The van der Waals surface area contributed by atoms with Gasteiger partial charge in [0.1, 0.15) is 0 Å². The van der Waals surface area contributed by atoms with Crippen LogP contribution in [-0.4, -0.2) is 76.1 Å². The summed E-state index contributed by atoms with van der Waals surface area (Å²) in [6.07, 6.45) is -3.43. The summed E-state index contributed by atoms with van der Waals surface area (Å²) < 4.78 is 72.2. The number of nitrogens with one attached hydrogen (secondary N) is 1. The van der Waals surface area contributed by atoms with Crippen molar-refractivity contribution in [1.29, 1.82) is 0 Å². The number of hydrogen-bond donors (Lipinski definition) is 1. The number of sulfonamides is 1. The van der Waals surface area contributed by atoms with Crippen molar-refractivity contribution >= 4 is 15.9 Å². The number of amides is 1. The Morgan fingerprint density at radius 3 is 2.61 bits per heavy atom. The highest BCUT2D eigenvalue weighted by molar-refractivity contribution is 7.89. The summed E-state index contributed by atoms with van der Waals surface area (Å²) >= 11 is 0. The molecule has 2 aliphatic heterocycles. The molecule has 11 heteroatoms. The van der Waals surface area contributed by atoms with E-state index in [2.05, 4.69) is 9.62 Å². The summed E-state index contributed by atoms with van der Waals surface area (Å²) in [7, 11) is -4.10. The number of morpholine rings is 1. The molecule has 0 aromatic heterocycles. The molecular formula is C22H30F3N3O4S. The molecule has 184 valence electrons. The lowest BCUT2D eigenvalue weighted by atomic mass is 9.89. The maximum Gasteiger partial charge on any atom is 0.416 e. The number of carbonyl (C=O) groups excluding carboxylic acids is 1. The van der Waals surface area contributed by atoms with Crippen molar-refractivity contribution in [1.82, 2.24) is 14.5 Å². The van der Waals surface area contributed by atoms with E-state index in [1.54, 1.807) is 0 Å². The third kappa shape index (κ3) is 5.36. The lowest BCUT2D eigenvalue weighted by molar-refractivity contribution is -0.137. The lowest BCUT2D eigenvalue weighted by Gasteiger charge is -2.31. The van der Waals surface area contributed by atoms with E-state index in [1.165, 1.54) is 0 Å². The molecule has 3 fully saturated rings. The van der Waals surface area contributed by atoms with Gasteiger partial charge in [-0.1, -0.05) is 13.0 Å². The van der Waals surface area contributed by atoms with Crippen LogP contribution in [0.2, 0.25) is 0 Å². The van der Waals surface area contributed by atoms with Gasteiger partial charge in [0.15, 0.2) is 0 Å². The first-order valence-corrected chi connectivity index (χ1v) is 12.8. The normalized spacial score (nSPS) is 29.0. The number of carbonyl (C=O) groups is 1. The molecule has 0 bridgehead atoms. The van der Waals surface area contributed by atoms with Crippen LogP contribution >= 0.6 is 0 Å². The minimum absolute atomic E-state index is 0.0430. The molecular weight excluding hydrogens is 459 g/mol. The summed E-state index contributed by atoms with van der Waals surface area (Å²) in [5.41, 5.74) is -1.00. The van der Waals surface area contributed by atoms with Crippen LogP contribution in [0.5, 0.6) is 0 Å². The Labute approximate surface area is 192 Å². The van der Waals surface area contributed by atoms with Crippen LogP contribution in [0.25, 0.3) is 0 Å². The van der Waals surface area contributed by atoms with Crippen molar-refractivity contribution in [3.8, 4) is 0 Å². The number of nitrogens with zero attached hydrogens (tertiary/aromatic N) is 2. The molecule has 7 nitrogen and oxygen atoms in total. The monoisotopic (exact) mass is 489 g/mol. The zero-order valence-corrected chi connectivity index (χ0v) is 19.4. The first-order chi connectivity index (χ1) is 15.6. The van der Waals surface area contributed by atoms with Gasteiger partial charge in [0.2, 0.25) is 15.9 Å². The number of alkyl halides is 3. The van der Waals surface area contributed by atoms with Gasteiger partial charge < -0.3 is 9.64 Å². The molecule has 1 aromatic carbocycles. The van der Waals surface area contributed by atoms with E-state index in [-0.39, 0.29) is 36.2 Å². The largest absolute Gasteiger partial charge is 0.416 e. The van der Waals surface area contributed by atoms with Crippen LogP contribution in [0, 0.1) is 17.8 Å². The highest BCUT2D eigenvalue weighted by Gasteiger charge is 2.50. The Balaban J connectivity index is 1.39. The second-order valence-corrected chi connectivity index (χ2v) is 11.0. The van der Waals surface area contributed by atoms with E-state index >= 15 is 0 Å². The first-order valence-electron chi connectivity index (χ1n) is 11.3. The van der Waals surface area contributed by atoms with Crippen molar-refractivity contribution in [2.24, 2.45) is 17.8 Å². The fourth-order valence-electron chi connectivity index (χ4n) is 5.43. The van der Waals surface area contributed by atoms with E-state index in [4.69, 9.17) is 4.74 Å². The van der Waals surface area contributed by atoms with Gasteiger partial charge in [0.25, 0.3) is 0 Å². The molecule has 1 aliphatic carbocycles. The molecule has 0 radical (unpaired) electrons. The van der Waals surface area contributed by atoms with Gasteiger partial charge in [-0.15, -0.1) is 0 Å². The summed E-state index contributed by atoms with van der Waals surface area (Å²) in [5.74, 6) is 0.286. The standard InChI is InChI=1S/C22H30F3N3O4S/c1-15-11-20-18(13-21(29)28(20)6-5-27-7-9-32-10-8-27)19(15)14-26-33(30,31)17-4-2-3-16(12-17)22(23,24)25/h2-4,12,15,18-20,26H,5-11,13-14H2,1H3/t15-,18-,19+,20+/m0/s1. The Kier molecular flexibility index (Phi) is 7.05. The summed E-state index contributed by atoms with van der Waals surface area (Å²) in [4.78, 5) is 16.5. The van der Waals surface area contributed by atoms with Crippen LogP contribution < -0.4 is 4.72 Å². The van der Waals surface area contributed by atoms with Gasteiger partial charge in [-0.25, -0.2) is 13.1 Å². The lowest BCUT2D eigenvalue weighted by Crippen LogP contribution is -2.44. The topological polar surface area (TPSA) is 79.0 Å².